The van der Waals surface area contributed by atoms with Crippen LogP contribution in [-0.2, 0) is 11.2 Å². The first-order valence-electron chi connectivity index (χ1n) is 3.82. The molecule has 70 valence electrons. The lowest BCUT2D eigenvalue weighted by Crippen LogP contribution is -2.29. The van der Waals surface area contributed by atoms with Crippen molar-refractivity contribution in [2.45, 2.75) is 12.5 Å². The molecule has 0 aliphatic carbocycles. The molecular formula is C9H10ClNO2. The van der Waals surface area contributed by atoms with Crippen molar-refractivity contribution in [1.29, 1.82) is 0 Å². The fourth-order valence-corrected chi connectivity index (χ4v) is 1.04. The van der Waals surface area contributed by atoms with E-state index in [1.54, 1.807) is 24.3 Å². The molecule has 0 saturated heterocycles. The summed E-state index contributed by atoms with van der Waals surface area (Å²) in [6, 6.07) is 5.82. The summed E-state index contributed by atoms with van der Waals surface area (Å²) < 4.78 is 0. The van der Waals surface area contributed by atoms with Gasteiger partial charge in [-0.2, -0.15) is 0 Å². The first-order chi connectivity index (χ1) is 6.09. The van der Waals surface area contributed by atoms with Crippen molar-refractivity contribution in [2.75, 3.05) is 0 Å². The van der Waals surface area contributed by atoms with Gasteiger partial charge in [0, 0.05) is 0 Å². The zero-order chi connectivity index (χ0) is 9.84. The molecule has 1 atom stereocenters. The fourth-order valence-electron chi connectivity index (χ4n) is 0.966. The molecule has 0 aromatic heterocycles. The third kappa shape index (κ3) is 3.05. The standard InChI is InChI=1S/C9H10ClNO2/c10-9(13)8(11)5-6-1-3-7(12)4-2-6/h1-4,8,12H,5,11H2. The van der Waals surface area contributed by atoms with E-state index in [0.29, 0.717) is 6.42 Å². The van der Waals surface area contributed by atoms with Crippen LogP contribution in [-0.4, -0.2) is 16.4 Å². The summed E-state index contributed by atoms with van der Waals surface area (Å²) in [6.45, 7) is 0. The van der Waals surface area contributed by atoms with Gasteiger partial charge in [0.1, 0.15) is 5.75 Å². The molecule has 1 unspecified atom stereocenters. The van der Waals surface area contributed by atoms with Crippen LogP contribution in [0.1, 0.15) is 5.56 Å². The highest BCUT2D eigenvalue weighted by molar-refractivity contribution is 6.64. The number of carbonyl (C=O) groups is 1. The van der Waals surface area contributed by atoms with Crippen LogP contribution >= 0.6 is 11.6 Å². The normalized spacial score (nSPS) is 12.5. The monoisotopic (exact) mass is 199 g/mol. The molecule has 0 spiro atoms. The van der Waals surface area contributed by atoms with Crippen molar-refractivity contribution in [1.82, 2.24) is 0 Å². The lowest BCUT2D eigenvalue weighted by atomic mass is 10.1. The van der Waals surface area contributed by atoms with Gasteiger partial charge in [0.15, 0.2) is 0 Å². The van der Waals surface area contributed by atoms with E-state index in [-0.39, 0.29) is 5.75 Å². The van der Waals surface area contributed by atoms with Gasteiger partial charge in [0.2, 0.25) is 5.24 Å². The number of carbonyl (C=O) groups excluding carboxylic acids is 1. The highest BCUT2D eigenvalue weighted by Crippen LogP contribution is 2.11. The molecule has 0 bridgehead atoms. The van der Waals surface area contributed by atoms with Crippen molar-refractivity contribution in [3.8, 4) is 5.75 Å². The van der Waals surface area contributed by atoms with E-state index in [1.165, 1.54) is 0 Å². The lowest BCUT2D eigenvalue weighted by Gasteiger charge is -2.05. The molecule has 1 aromatic rings. The van der Waals surface area contributed by atoms with E-state index >= 15 is 0 Å². The molecule has 0 aliphatic rings. The fraction of sp³-hybridized carbons (Fsp3) is 0.222. The first kappa shape index (κ1) is 10.0. The largest absolute Gasteiger partial charge is 0.508 e. The van der Waals surface area contributed by atoms with E-state index in [0.717, 1.165) is 5.56 Å². The third-order valence-electron chi connectivity index (χ3n) is 1.68. The van der Waals surface area contributed by atoms with Crippen molar-refractivity contribution >= 4 is 16.8 Å². The molecule has 1 rings (SSSR count). The molecule has 1 aromatic carbocycles. The summed E-state index contributed by atoms with van der Waals surface area (Å²) in [7, 11) is 0. The summed E-state index contributed by atoms with van der Waals surface area (Å²) in [4.78, 5) is 10.6. The zero-order valence-corrected chi connectivity index (χ0v) is 7.66. The van der Waals surface area contributed by atoms with Gasteiger partial charge in [-0.1, -0.05) is 12.1 Å². The first-order valence-corrected chi connectivity index (χ1v) is 4.20. The van der Waals surface area contributed by atoms with Crippen LogP contribution in [0.3, 0.4) is 0 Å². The summed E-state index contributed by atoms with van der Waals surface area (Å²) in [6.07, 6.45) is 0.391. The maximum atomic E-state index is 10.6. The minimum Gasteiger partial charge on any atom is -0.508 e. The van der Waals surface area contributed by atoms with E-state index < -0.39 is 11.3 Å². The smallest absolute Gasteiger partial charge is 0.238 e. The predicted octanol–water partition coefficient (Wildman–Crippen LogP) is 1.03. The molecule has 4 heteroatoms. The molecule has 3 nitrogen and oxygen atoms in total. The molecular weight excluding hydrogens is 190 g/mol. The van der Waals surface area contributed by atoms with Crippen molar-refractivity contribution < 1.29 is 9.90 Å². The van der Waals surface area contributed by atoms with Crippen molar-refractivity contribution in [3.63, 3.8) is 0 Å². The van der Waals surface area contributed by atoms with Crippen molar-refractivity contribution in [2.24, 2.45) is 5.73 Å². The average molecular weight is 200 g/mol. The second-order valence-electron chi connectivity index (χ2n) is 2.78. The number of phenols is 1. The van der Waals surface area contributed by atoms with Gasteiger partial charge in [-0.25, -0.2) is 0 Å². The molecule has 0 aliphatic heterocycles. The SMILES string of the molecule is NC(Cc1ccc(O)cc1)C(=O)Cl. The summed E-state index contributed by atoms with van der Waals surface area (Å²) >= 11 is 5.20. The van der Waals surface area contributed by atoms with Crippen LogP contribution in [0.15, 0.2) is 24.3 Å². The second-order valence-corrected chi connectivity index (χ2v) is 3.15. The highest BCUT2D eigenvalue weighted by atomic mass is 35.5. The number of rotatable bonds is 3. The predicted molar refractivity (Wildman–Crippen MR) is 50.6 cm³/mol. The molecule has 3 N–H and O–H groups in total. The van der Waals surface area contributed by atoms with Gasteiger partial charge in [0.05, 0.1) is 6.04 Å². The Kier molecular flexibility index (Phi) is 3.28. The Bertz CT molecular complexity index is 297. The maximum absolute atomic E-state index is 10.6. The summed E-state index contributed by atoms with van der Waals surface area (Å²) in [5.74, 6) is 0.189. The Hall–Kier alpha value is -1.06. The molecule has 0 heterocycles. The number of aromatic hydroxyl groups is 1. The van der Waals surface area contributed by atoms with Crippen molar-refractivity contribution in [3.05, 3.63) is 29.8 Å². The summed E-state index contributed by atoms with van der Waals surface area (Å²) in [5, 5.41) is 8.43. The van der Waals surface area contributed by atoms with Gasteiger partial charge in [-0.05, 0) is 35.7 Å². The molecule has 0 radical (unpaired) electrons. The quantitative estimate of drug-likeness (QED) is 0.715. The van der Waals surface area contributed by atoms with E-state index in [1.807, 2.05) is 0 Å². The van der Waals surface area contributed by atoms with E-state index in [2.05, 4.69) is 0 Å². The number of benzene rings is 1. The van der Waals surface area contributed by atoms with Gasteiger partial charge >= 0.3 is 0 Å². The Morgan fingerprint density at radius 3 is 2.46 bits per heavy atom. The second kappa shape index (κ2) is 4.25. The van der Waals surface area contributed by atoms with Crippen LogP contribution in [0.25, 0.3) is 0 Å². The Labute approximate surface area is 81.1 Å². The zero-order valence-electron chi connectivity index (χ0n) is 6.90. The van der Waals surface area contributed by atoms with Crippen LogP contribution in [0.2, 0.25) is 0 Å². The minimum absolute atomic E-state index is 0.189. The van der Waals surface area contributed by atoms with Crippen LogP contribution in [0.4, 0.5) is 0 Å². The Balaban J connectivity index is 2.64. The third-order valence-corrected chi connectivity index (χ3v) is 1.96. The van der Waals surface area contributed by atoms with E-state index in [9.17, 15) is 4.79 Å². The number of hydrogen-bond acceptors (Lipinski definition) is 3. The number of phenolic OH excluding ortho intramolecular Hbond substituents is 1. The Morgan fingerprint density at radius 2 is 2.00 bits per heavy atom. The highest BCUT2D eigenvalue weighted by Gasteiger charge is 2.10. The molecule has 0 amide bonds. The molecule has 0 saturated carbocycles. The molecule has 13 heavy (non-hydrogen) atoms. The van der Waals surface area contributed by atoms with Gasteiger partial charge in [-0.3, -0.25) is 4.79 Å². The average Bonchev–Trinajstić information content (AvgIpc) is 2.08. The topological polar surface area (TPSA) is 63.3 Å². The Morgan fingerprint density at radius 1 is 1.46 bits per heavy atom. The lowest BCUT2D eigenvalue weighted by molar-refractivity contribution is -0.112. The number of nitrogens with two attached hydrogens (primary N) is 1. The van der Waals surface area contributed by atoms with Gasteiger partial charge in [0.25, 0.3) is 0 Å². The number of hydrogen-bond donors (Lipinski definition) is 2. The van der Waals surface area contributed by atoms with E-state index in [4.69, 9.17) is 22.4 Å². The van der Waals surface area contributed by atoms with Crippen LogP contribution in [0.5, 0.6) is 5.75 Å². The summed E-state index contributed by atoms with van der Waals surface area (Å²) in [5.41, 5.74) is 6.32. The minimum atomic E-state index is -0.675. The molecule has 0 fully saturated rings. The van der Waals surface area contributed by atoms with Crippen LogP contribution in [0, 0.1) is 0 Å². The van der Waals surface area contributed by atoms with Gasteiger partial charge in [-0.15, -0.1) is 0 Å². The number of halogens is 1. The van der Waals surface area contributed by atoms with Gasteiger partial charge < -0.3 is 10.8 Å². The van der Waals surface area contributed by atoms with Crippen LogP contribution < -0.4 is 5.73 Å². The maximum Gasteiger partial charge on any atom is 0.238 e.